The predicted octanol–water partition coefficient (Wildman–Crippen LogP) is 1.77. The standard InChI is InChI=1S/C16H20N2O6/c1-10(2)12-4-3-11(9-13(12)18(23)24)14(19)17-7-5-16(22,6-8-17)15(20)21/h3-4,9-10,22H,5-8H2,1-2H3,(H,20,21). The Hall–Kier alpha value is -2.48. The second-order valence-electron chi connectivity index (χ2n) is 6.31. The summed E-state index contributed by atoms with van der Waals surface area (Å²) in [6.45, 7) is 3.84. The quantitative estimate of drug-likeness (QED) is 0.638. The number of hydrogen-bond donors (Lipinski definition) is 2. The van der Waals surface area contributed by atoms with Gasteiger partial charge in [0.1, 0.15) is 0 Å². The predicted molar refractivity (Wildman–Crippen MR) is 84.9 cm³/mol. The minimum atomic E-state index is -1.82. The van der Waals surface area contributed by atoms with Gasteiger partial charge in [0, 0.05) is 43.1 Å². The van der Waals surface area contributed by atoms with E-state index in [0.29, 0.717) is 5.56 Å². The molecule has 0 radical (unpaired) electrons. The summed E-state index contributed by atoms with van der Waals surface area (Å²) in [6.07, 6.45) is -0.138. The Balaban J connectivity index is 2.21. The minimum Gasteiger partial charge on any atom is -0.479 e. The van der Waals surface area contributed by atoms with Crippen LogP contribution in [0.1, 0.15) is 48.5 Å². The van der Waals surface area contributed by atoms with Gasteiger partial charge in [0.2, 0.25) is 0 Å². The van der Waals surface area contributed by atoms with Crippen molar-refractivity contribution >= 4 is 17.6 Å². The van der Waals surface area contributed by atoms with Gasteiger partial charge in [-0.2, -0.15) is 0 Å². The van der Waals surface area contributed by atoms with E-state index < -0.39 is 22.4 Å². The van der Waals surface area contributed by atoms with Gasteiger partial charge in [0.15, 0.2) is 5.60 Å². The number of carbonyl (C=O) groups is 2. The van der Waals surface area contributed by atoms with Crippen molar-refractivity contribution < 1.29 is 24.7 Å². The molecule has 1 aromatic carbocycles. The van der Waals surface area contributed by atoms with E-state index in [1.807, 2.05) is 13.8 Å². The first-order valence-corrected chi connectivity index (χ1v) is 7.69. The summed E-state index contributed by atoms with van der Waals surface area (Å²) in [5, 5.41) is 30.1. The van der Waals surface area contributed by atoms with E-state index in [4.69, 9.17) is 5.11 Å². The maximum Gasteiger partial charge on any atom is 0.335 e. The molecule has 2 N–H and O–H groups in total. The molecular formula is C16H20N2O6. The number of carboxylic acids is 1. The lowest BCUT2D eigenvalue weighted by Gasteiger charge is -2.35. The number of hydrogen-bond acceptors (Lipinski definition) is 5. The van der Waals surface area contributed by atoms with Crippen LogP contribution in [0.15, 0.2) is 18.2 Å². The molecule has 1 saturated heterocycles. The summed E-state index contributed by atoms with van der Waals surface area (Å²) < 4.78 is 0. The fourth-order valence-electron chi connectivity index (χ4n) is 2.80. The third kappa shape index (κ3) is 3.38. The van der Waals surface area contributed by atoms with E-state index in [0.717, 1.165) is 0 Å². The van der Waals surface area contributed by atoms with Crippen LogP contribution in [-0.4, -0.2) is 50.6 Å². The van der Waals surface area contributed by atoms with Crippen molar-refractivity contribution in [1.29, 1.82) is 0 Å². The Labute approximate surface area is 138 Å². The van der Waals surface area contributed by atoms with E-state index in [9.17, 15) is 24.8 Å². The van der Waals surface area contributed by atoms with Crippen LogP contribution in [0.3, 0.4) is 0 Å². The van der Waals surface area contributed by atoms with Gasteiger partial charge in [-0.3, -0.25) is 14.9 Å². The fourth-order valence-corrected chi connectivity index (χ4v) is 2.80. The summed E-state index contributed by atoms with van der Waals surface area (Å²) in [5.41, 5.74) is -1.18. The van der Waals surface area contributed by atoms with Crippen molar-refractivity contribution in [2.24, 2.45) is 0 Å². The zero-order valence-electron chi connectivity index (χ0n) is 13.6. The van der Waals surface area contributed by atoms with E-state index in [2.05, 4.69) is 0 Å². The first-order valence-electron chi connectivity index (χ1n) is 7.69. The number of nitrogens with zero attached hydrogens (tertiary/aromatic N) is 2. The third-order valence-electron chi connectivity index (χ3n) is 4.37. The van der Waals surface area contributed by atoms with Crippen LogP contribution in [0.4, 0.5) is 5.69 Å². The number of amides is 1. The Bertz CT molecular complexity index is 677. The maximum atomic E-state index is 12.5. The number of likely N-dealkylation sites (tertiary alicyclic amines) is 1. The van der Waals surface area contributed by atoms with Gasteiger partial charge in [-0.05, 0) is 12.0 Å². The SMILES string of the molecule is CC(C)c1ccc(C(=O)N2CCC(O)(C(=O)O)CC2)cc1[N+](=O)[O-]. The Morgan fingerprint density at radius 3 is 2.33 bits per heavy atom. The topological polar surface area (TPSA) is 121 Å². The van der Waals surface area contributed by atoms with Crippen molar-refractivity contribution in [1.82, 2.24) is 4.90 Å². The highest BCUT2D eigenvalue weighted by molar-refractivity contribution is 5.95. The third-order valence-corrected chi connectivity index (χ3v) is 4.37. The summed E-state index contributed by atoms with van der Waals surface area (Å²) >= 11 is 0. The lowest BCUT2D eigenvalue weighted by atomic mass is 9.91. The zero-order valence-corrected chi connectivity index (χ0v) is 13.6. The number of benzene rings is 1. The van der Waals surface area contributed by atoms with Gasteiger partial charge in [-0.15, -0.1) is 0 Å². The van der Waals surface area contributed by atoms with Crippen LogP contribution in [0, 0.1) is 10.1 Å². The van der Waals surface area contributed by atoms with Crippen LogP contribution in [0.2, 0.25) is 0 Å². The molecule has 1 aliphatic heterocycles. The Morgan fingerprint density at radius 1 is 1.29 bits per heavy atom. The van der Waals surface area contributed by atoms with Gasteiger partial charge in [0.05, 0.1) is 4.92 Å². The van der Waals surface area contributed by atoms with Crippen molar-refractivity contribution in [3.63, 3.8) is 0 Å². The molecule has 1 fully saturated rings. The smallest absolute Gasteiger partial charge is 0.335 e. The maximum absolute atomic E-state index is 12.5. The molecule has 2 rings (SSSR count). The average Bonchev–Trinajstić information content (AvgIpc) is 2.54. The second kappa shape index (κ2) is 6.56. The van der Waals surface area contributed by atoms with Gasteiger partial charge in [-0.1, -0.05) is 19.9 Å². The van der Waals surface area contributed by atoms with Crippen LogP contribution >= 0.6 is 0 Å². The molecule has 1 aliphatic rings. The number of piperidine rings is 1. The van der Waals surface area contributed by atoms with Crippen LogP contribution in [0.5, 0.6) is 0 Å². The summed E-state index contributed by atoms with van der Waals surface area (Å²) in [5.74, 6) is -1.75. The number of nitro benzene ring substituents is 1. The van der Waals surface area contributed by atoms with E-state index in [1.54, 1.807) is 12.1 Å². The summed E-state index contributed by atoms with van der Waals surface area (Å²) in [6, 6.07) is 4.38. The van der Waals surface area contributed by atoms with E-state index in [1.165, 1.54) is 11.0 Å². The van der Waals surface area contributed by atoms with Crippen LogP contribution in [0.25, 0.3) is 0 Å². The van der Waals surface area contributed by atoms with Crippen LogP contribution in [-0.2, 0) is 4.79 Å². The molecule has 1 aromatic rings. The highest BCUT2D eigenvalue weighted by atomic mass is 16.6. The normalized spacial score (nSPS) is 16.9. The Kier molecular flexibility index (Phi) is 4.88. The second-order valence-corrected chi connectivity index (χ2v) is 6.31. The van der Waals surface area contributed by atoms with Crippen molar-refractivity contribution in [3.8, 4) is 0 Å². The largest absolute Gasteiger partial charge is 0.479 e. The molecule has 130 valence electrons. The van der Waals surface area contributed by atoms with E-state index >= 15 is 0 Å². The summed E-state index contributed by atoms with van der Waals surface area (Å²) in [4.78, 5) is 35.6. The van der Waals surface area contributed by atoms with Gasteiger partial charge in [-0.25, -0.2) is 4.79 Å². The zero-order chi connectivity index (χ0) is 18.1. The molecule has 0 atom stereocenters. The molecule has 1 amide bonds. The number of carbonyl (C=O) groups excluding carboxylic acids is 1. The number of carboxylic acid groups (broad SMARTS) is 1. The minimum absolute atomic E-state index is 0.0462. The summed E-state index contributed by atoms with van der Waals surface area (Å²) in [7, 11) is 0. The van der Waals surface area contributed by atoms with E-state index in [-0.39, 0.29) is 43.1 Å². The molecule has 8 nitrogen and oxygen atoms in total. The first-order chi connectivity index (χ1) is 11.2. The number of nitro groups is 1. The molecule has 0 spiro atoms. The van der Waals surface area contributed by atoms with Crippen molar-refractivity contribution in [3.05, 3.63) is 39.4 Å². The van der Waals surface area contributed by atoms with Crippen LogP contribution < -0.4 is 0 Å². The molecule has 8 heteroatoms. The molecule has 0 aromatic heterocycles. The number of rotatable bonds is 4. The number of aliphatic hydroxyl groups is 1. The highest BCUT2D eigenvalue weighted by Crippen LogP contribution is 2.29. The average molecular weight is 336 g/mol. The van der Waals surface area contributed by atoms with Gasteiger partial charge >= 0.3 is 5.97 Å². The molecule has 0 saturated carbocycles. The lowest BCUT2D eigenvalue weighted by molar-refractivity contribution is -0.385. The molecule has 0 unspecified atom stereocenters. The van der Waals surface area contributed by atoms with Gasteiger partial charge in [0.25, 0.3) is 11.6 Å². The molecule has 0 aliphatic carbocycles. The molecule has 0 bridgehead atoms. The first kappa shape index (κ1) is 17.9. The highest BCUT2D eigenvalue weighted by Gasteiger charge is 2.40. The monoisotopic (exact) mass is 336 g/mol. The van der Waals surface area contributed by atoms with Crippen molar-refractivity contribution in [2.45, 2.75) is 38.2 Å². The Morgan fingerprint density at radius 2 is 1.88 bits per heavy atom. The lowest BCUT2D eigenvalue weighted by Crippen LogP contribution is -2.50. The fraction of sp³-hybridized carbons (Fsp3) is 0.500. The molecular weight excluding hydrogens is 316 g/mol. The van der Waals surface area contributed by atoms with Gasteiger partial charge < -0.3 is 15.1 Å². The van der Waals surface area contributed by atoms with Crippen molar-refractivity contribution in [2.75, 3.05) is 13.1 Å². The molecule has 1 heterocycles. The number of aliphatic carboxylic acids is 1. The molecule has 24 heavy (non-hydrogen) atoms.